The van der Waals surface area contributed by atoms with Crippen LogP contribution in [0.3, 0.4) is 0 Å². The molecule has 0 aliphatic heterocycles. The molecule has 1 fully saturated rings. The van der Waals surface area contributed by atoms with E-state index in [0.717, 1.165) is 31.5 Å². The van der Waals surface area contributed by atoms with E-state index in [-0.39, 0.29) is 5.91 Å². The molecule has 1 aliphatic carbocycles. The Morgan fingerprint density at radius 3 is 2.70 bits per heavy atom. The van der Waals surface area contributed by atoms with E-state index >= 15 is 0 Å². The zero-order chi connectivity index (χ0) is 14.6. The van der Waals surface area contributed by atoms with Gasteiger partial charge in [0.05, 0.1) is 0 Å². The molecule has 1 aliphatic rings. The maximum absolute atomic E-state index is 12.3. The molecule has 4 nitrogen and oxygen atoms in total. The van der Waals surface area contributed by atoms with Gasteiger partial charge in [0, 0.05) is 17.8 Å². The molecule has 2 rings (SSSR count). The molecule has 0 radical (unpaired) electrons. The Kier molecular flexibility index (Phi) is 4.63. The van der Waals surface area contributed by atoms with E-state index in [1.165, 1.54) is 19.3 Å². The summed E-state index contributed by atoms with van der Waals surface area (Å²) in [5.41, 5.74) is 7.64. The van der Waals surface area contributed by atoms with Gasteiger partial charge in [-0.2, -0.15) is 0 Å². The molecule has 1 aromatic rings. The van der Waals surface area contributed by atoms with Crippen molar-refractivity contribution in [2.24, 2.45) is 5.41 Å². The fourth-order valence-electron chi connectivity index (χ4n) is 2.83. The van der Waals surface area contributed by atoms with Gasteiger partial charge in [-0.3, -0.25) is 4.79 Å². The van der Waals surface area contributed by atoms with Gasteiger partial charge in [-0.05, 0) is 43.2 Å². The number of nitrogens with two attached hydrogens (primary N) is 1. The Labute approximate surface area is 121 Å². The van der Waals surface area contributed by atoms with Crippen LogP contribution in [0.5, 0.6) is 0 Å². The lowest BCUT2D eigenvalue weighted by atomic mass is 9.67. The van der Waals surface area contributed by atoms with Crippen molar-refractivity contribution in [2.75, 3.05) is 12.3 Å². The Morgan fingerprint density at radius 1 is 1.40 bits per heavy atom. The van der Waals surface area contributed by atoms with E-state index in [0.29, 0.717) is 16.8 Å². The lowest BCUT2D eigenvalue weighted by Crippen LogP contribution is -2.41. The summed E-state index contributed by atoms with van der Waals surface area (Å²) in [6.07, 6.45) is 6.72. The molecule has 0 saturated heterocycles. The predicted molar refractivity (Wildman–Crippen MR) is 81.6 cm³/mol. The van der Waals surface area contributed by atoms with Gasteiger partial charge in [0.2, 0.25) is 0 Å². The summed E-state index contributed by atoms with van der Waals surface area (Å²) in [4.78, 5) is 16.5. The highest BCUT2D eigenvalue weighted by Gasteiger charge is 2.35. The third kappa shape index (κ3) is 3.30. The van der Waals surface area contributed by atoms with E-state index in [2.05, 4.69) is 24.1 Å². The van der Waals surface area contributed by atoms with Crippen LogP contribution in [0.1, 0.15) is 62.0 Å². The van der Waals surface area contributed by atoms with Crippen molar-refractivity contribution in [3.05, 3.63) is 23.4 Å². The molecule has 0 aromatic carbocycles. The van der Waals surface area contributed by atoms with Crippen molar-refractivity contribution in [1.29, 1.82) is 0 Å². The Morgan fingerprint density at radius 2 is 2.15 bits per heavy atom. The number of rotatable bonds is 6. The average Bonchev–Trinajstić information content (AvgIpc) is 2.37. The lowest BCUT2D eigenvalue weighted by molar-refractivity contribution is 0.0850. The summed E-state index contributed by atoms with van der Waals surface area (Å²) < 4.78 is 0. The Balaban J connectivity index is 2.01. The lowest BCUT2D eigenvalue weighted by Gasteiger charge is -2.41. The zero-order valence-corrected chi connectivity index (χ0v) is 12.5. The smallest absolute Gasteiger partial charge is 0.251 e. The first-order valence-electron chi connectivity index (χ1n) is 7.63. The second-order valence-corrected chi connectivity index (χ2v) is 5.91. The number of hydrogen-bond acceptors (Lipinski definition) is 3. The number of nitrogens with zero attached hydrogens (tertiary/aromatic N) is 1. The first-order chi connectivity index (χ1) is 9.58. The fraction of sp³-hybridized carbons (Fsp3) is 0.625. The summed E-state index contributed by atoms with van der Waals surface area (Å²) in [6.45, 7) is 5.06. The topological polar surface area (TPSA) is 68.0 Å². The number of nitrogen functional groups attached to an aromatic ring is 1. The highest BCUT2D eigenvalue weighted by molar-refractivity contribution is 5.94. The highest BCUT2D eigenvalue weighted by Crippen LogP contribution is 2.43. The van der Waals surface area contributed by atoms with Gasteiger partial charge in [-0.25, -0.2) is 4.98 Å². The van der Waals surface area contributed by atoms with Crippen LogP contribution >= 0.6 is 0 Å². The van der Waals surface area contributed by atoms with Gasteiger partial charge in [-0.15, -0.1) is 0 Å². The maximum Gasteiger partial charge on any atom is 0.251 e. The van der Waals surface area contributed by atoms with Crippen LogP contribution < -0.4 is 11.1 Å². The number of hydrogen-bond donors (Lipinski definition) is 2. The molecular formula is C16H25N3O. The van der Waals surface area contributed by atoms with Gasteiger partial charge < -0.3 is 11.1 Å². The van der Waals surface area contributed by atoms with Crippen molar-refractivity contribution in [2.45, 2.75) is 52.4 Å². The Bertz CT molecular complexity index is 475. The number of aryl methyl sites for hydroxylation is 1. The average molecular weight is 275 g/mol. The third-order valence-electron chi connectivity index (χ3n) is 4.45. The number of anilines is 1. The Hall–Kier alpha value is -1.58. The fourth-order valence-corrected chi connectivity index (χ4v) is 2.83. The van der Waals surface area contributed by atoms with Crippen molar-refractivity contribution < 1.29 is 4.79 Å². The summed E-state index contributed by atoms with van der Waals surface area (Å²) in [5, 5.41) is 3.07. The van der Waals surface area contributed by atoms with Crippen LogP contribution in [0.4, 0.5) is 5.82 Å². The van der Waals surface area contributed by atoms with Crippen LogP contribution in [0, 0.1) is 5.41 Å². The molecule has 0 spiro atoms. The number of aromatic nitrogens is 1. The van der Waals surface area contributed by atoms with Gasteiger partial charge in [0.1, 0.15) is 5.82 Å². The van der Waals surface area contributed by atoms with E-state index in [4.69, 9.17) is 5.73 Å². The molecule has 0 atom stereocenters. The van der Waals surface area contributed by atoms with Gasteiger partial charge >= 0.3 is 0 Å². The minimum absolute atomic E-state index is 0.0313. The molecule has 1 amide bonds. The standard InChI is InChI=1S/C16H25N3O/c1-3-6-13-9-12(10-14(17)19-13)15(20)18-11-16(4-2)7-5-8-16/h9-10H,3-8,11H2,1-2H3,(H2,17,19)(H,18,20). The molecule has 1 saturated carbocycles. The van der Waals surface area contributed by atoms with Gasteiger partial charge in [-0.1, -0.05) is 26.7 Å². The van der Waals surface area contributed by atoms with Gasteiger partial charge in [0.25, 0.3) is 5.91 Å². The van der Waals surface area contributed by atoms with Crippen LogP contribution in [0.15, 0.2) is 12.1 Å². The highest BCUT2D eigenvalue weighted by atomic mass is 16.1. The van der Waals surface area contributed by atoms with E-state index in [1.807, 2.05) is 6.07 Å². The molecule has 0 bridgehead atoms. The number of amides is 1. The number of nitrogens with one attached hydrogen (secondary N) is 1. The number of carbonyl (C=O) groups excluding carboxylic acids is 1. The van der Waals surface area contributed by atoms with Crippen LogP contribution in [0.25, 0.3) is 0 Å². The van der Waals surface area contributed by atoms with Crippen LogP contribution in [0.2, 0.25) is 0 Å². The molecule has 4 heteroatoms. The summed E-state index contributed by atoms with van der Waals surface area (Å²) in [6, 6.07) is 3.52. The zero-order valence-electron chi connectivity index (χ0n) is 12.5. The second kappa shape index (κ2) is 6.25. The minimum Gasteiger partial charge on any atom is -0.384 e. The maximum atomic E-state index is 12.3. The summed E-state index contributed by atoms with van der Waals surface area (Å²) in [7, 11) is 0. The molecule has 1 heterocycles. The quantitative estimate of drug-likeness (QED) is 0.838. The van der Waals surface area contributed by atoms with Crippen LogP contribution in [-0.4, -0.2) is 17.4 Å². The first kappa shape index (κ1) is 14.8. The van der Waals surface area contributed by atoms with E-state index in [1.54, 1.807) is 6.07 Å². The molecule has 20 heavy (non-hydrogen) atoms. The van der Waals surface area contributed by atoms with Crippen molar-refractivity contribution in [1.82, 2.24) is 10.3 Å². The first-order valence-corrected chi connectivity index (χ1v) is 7.63. The molecule has 3 N–H and O–H groups in total. The van der Waals surface area contributed by atoms with Crippen LogP contribution in [-0.2, 0) is 6.42 Å². The predicted octanol–water partition coefficient (Wildman–Crippen LogP) is 2.93. The van der Waals surface area contributed by atoms with Gasteiger partial charge in [0.15, 0.2) is 0 Å². The van der Waals surface area contributed by atoms with E-state index < -0.39 is 0 Å². The molecule has 110 valence electrons. The van der Waals surface area contributed by atoms with Crippen molar-refractivity contribution >= 4 is 11.7 Å². The number of pyridine rings is 1. The second-order valence-electron chi connectivity index (χ2n) is 5.91. The SMILES string of the molecule is CCCc1cc(C(=O)NCC2(CC)CCC2)cc(N)n1. The molecule has 0 unspecified atom stereocenters. The van der Waals surface area contributed by atoms with Crippen molar-refractivity contribution in [3.63, 3.8) is 0 Å². The molecule has 1 aromatic heterocycles. The van der Waals surface area contributed by atoms with E-state index in [9.17, 15) is 4.79 Å². The number of carbonyl (C=O) groups is 1. The summed E-state index contributed by atoms with van der Waals surface area (Å²) >= 11 is 0. The third-order valence-corrected chi connectivity index (χ3v) is 4.45. The van der Waals surface area contributed by atoms with Crippen molar-refractivity contribution in [3.8, 4) is 0 Å². The largest absolute Gasteiger partial charge is 0.384 e. The normalized spacial score (nSPS) is 16.5. The molecular weight excluding hydrogens is 250 g/mol. The monoisotopic (exact) mass is 275 g/mol. The summed E-state index contributed by atoms with van der Waals surface area (Å²) in [5.74, 6) is 0.395. The minimum atomic E-state index is -0.0313.